The standard InChI is InChI=1S/C24H22N4O5S2/c1-3-33-22(31)15-10-12-16(13-11-15)25-18(29)14-27-20-19(35-23(26-20)34-4-2)21(30)28(24(27)32)17-8-6-5-7-9-17/h5-13H,3-4,14H2,1-2H3,(H,25,29). The highest BCUT2D eigenvalue weighted by molar-refractivity contribution is 8.01. The van der Waals surface area contributed by atoms with Crippen molar-refractivity contribution in [1.29, 1.82) is 0 Å². The van der Waals surface area contributed by atoms with E-state index >= 15 is 0 Å². The molecule has 9 nitrogen and oxygen atoms in total. The number of carbonyl (C=O) groups excluding carboxylic acids is 2. The van der Waals surface area contributed by atoms with Gasteiger partial charge in [0.1, 0.15) is 11.2 Å². The van der Waals surface area contributed by atoms with E-state index in [0.29, 0.717) is 26.0 Å². The van der Waals surface area contributed by atoms with Gasteiger partial charge in [0, 0.05) is 5.69 Å². The molecule has 11 heteroatoms. The van der Waals surface area contributed by atoms with Crippen molar-refractivity contribution >= 4 is 51.0 Å². The van der Waals surface area contributed by atoms with Crippen LogP contribution in [0.3, 0.4) is 0 Å². The molecule has 2 aromatic heterocycles. The molecule has 1 N–H and O–H groups in total. The second-order valence-corrected chi connectivity index (χ2v) is 9.77. The second-order valence-electron chi connectivity index (χ2n) is 7.26. The molecule has 180 valence electrons. The Labute approximate surface area is 208 Å². The summed E-state index contributed by atoms with van der Waals surface area (Å²) in [5.74, 6) is -0.181. The minimum absolute atomic E-state index is 0.181. The van der Waals surface area contributed by atoms with Gasteiger partial charge in [-0.15, -0.1) is 11.3 Å². The van der Waals surface area contributed by atoms with Crippen LogP contribution in [0.25, 0.3) is 16.0 Å². The molecule has 1 amide bonds. The molecule has 0 aliphatic heterocycles. The fourth-order valence-electron chi connectivity index (χ4n) is 3.40. The third kappa shape index (κ3) is 5.20. The Kier molecular flexibility index (Phi) is 7.47. The predicted molar refractivity (Wildman–Crippen MR) is 137 cm³/mol. The molecule has 4 rings (SSSR count). The van der Waals surface area contributed by atoms with E-state index in [-0.39, 0.29) is 18.8 Å². The number of ether oxygens (including phenoxy) is 1. The number of para-hydroxylation sites is 1. The van der Waals surface area contributed by atoms with Crippen LogP contribution in [0.2, 0.25) is 0 Å². The van der Waals surface area contributed by atoms with Gasteiger partial charge >= 0.3 is 11.7 Å². The average Bonchev–Trinajstić information content (AvgIpc) is 3.27. The van der Waals surface area contributed by atoms with Gasteiger partial charge in [0.2, 0.25) is 5.91 Å². The molecule has 2 aromatic carbocycles. The number of aromatic nitrogens is 3. The quantitative estimate of drug-likeness (QED) is 0.285. The molecule has 0 saturated heterocycles. The predicted octanol–water partition coefficient (Wildman–Crippen LogP) is 3.54. The summed E-state index contributed by atoms with van der Waals surface area (Å²) in [7, 11) is 0. The maximum absolute atomic E-state index is 13.4. The van der Waals surface area contributed by atoms with Crippen molar-refractivity contribution in [2.45, 2.75) is 24.7 Å². The summed E-state index contributed by atoms with van der Waals surface area (Å²) < 4.78 is 8.18. The smallest absolute Gasteiger partial charge is 0.338 e. The van der Waals surface area contributed by atoms with Crippen molar-refractivity contribution in [3.05, 3.63) is 81.0 Å². The Bertz CT molecular complexity index is 1490. The third-order valence-corrected chi connectivity index (χ3v) is 6.99. The lowest BCUT2D eigenvalue weighted by molar-refractivity contribution is -0.116. The molecule has 0 unspecified atom stereocenters. The largest absolute Gasteiger partial charge is 0.462 e. The van der Waals surface area contributed by atoms with Crippen LogP contribution >= 0.6 is 23.1 Å². The molecule has 2 heterocycles. The molecule has 0 aliphatic rings. The zero-order chi connectivity index (χ0) is 24.9. The van der Waals surface area contributed by atoms with Crippen LogP contribution in [-0.4, -0.2) is 38.4 Å². The Morgan fingerprint density at radius 3 is 2.43 bits per heavy atom. The van der Waals surface area contributed by atoms with Gasteiger partial charge in [-0.05, 0) is 49.1 Å². The number of thiazole rings is 1. The van der Waals surface area contributed by atoms with Crippen LogP contribution < -0.4 is 16.6 Å². The molecule has 35 heavy (non-hydrogen) atoms. The van der Waals surface area contributed by atoms with E-state index in [0.717, 1.165) is 10.3 Å². The van der Waals surface area contributed by atoms with Crippen molar-refractivity contribution in [1.82, 2.24) is 14.1 Å². The van der Waals surface area contributed by atoms with Crippen LogP contribution in [0.5, 0.6) is 0 Å². The van der Waals surface area contributed by atoms with Gasteiger partial charge in [0.15, 0.2) is 9.99 Å². The van der Waals surface area contributed by atoms with Gasteiger partial charge in [0.25, 0.3) is 5.56 Å². The van der Waals surface area contributed by atoms with Crippen LogP contribution in [0.15, 0.2) is 68.5 Å². The van der Waals surface area contributed by atoms with E-state index in [2.05, 4.69) is 10.3 Å². The number of benzene rings is 2. The summed E-state index contributed by atoms with van der Waals surface area (Å²) in [4.78, 5) is 55.8. The number of rotatable bonds is 8. The van der Waals surface area contributed by atoms with E-state index in [9.17, 15) is 19.2 Å². The lowest BCUT2D eigenvalue weighted by Crippen LogP contribution is -2.40. The van der Waals surface area contributed by atoms with E-state index in [4.69, 9.17) is 4.74 Å². The van der Waals surface area contributed by atoms with Crippen molar-refractivity contribution in [3.63, 3.8) is 0 Å². The Balaban J connectivity index is 1.70. The third-order valence-electron chi connectivity index (χ3n) is 4.93. The SMILES string of the molecule is CCOC(=O)c1ccc(NC(=O)Cn2c(=O)n(-c3ccccc3)c(=O)c3sc(SCC)nc32)cc1. The van der Waals surface area contributed by atoms with Gasteiger partial charge < -0.3 is 10.1 Å². The first kappa shape index (κ1) is 24.4. The topological polar surface area (TPSA) is 112 Å². The van der Waals surface area contributed by atoms with Crippen LogP contribution in [-0.2, 0) is 16.1 Å². The molecular weight excluding hydrogens is 488 g/mol. The molecule has 0 radical (unpaired) electrons. The molecule has 0 spiro atoms. The highest BCUT2D eigenvalue weighted by Gasteiger charge is 2.20. The number of thioether (sulfide) groups is 1. The number of amides is 1. The summed E-state index contributed by atoms with van der Waals surface area (Å²) in [5, 5.41) is 2.72. The highest BCUT2D eigenvalue weighted by atomic mass is 32.2. The Morgan fingerprint density at radius 1 is 1.06 bits per heavy atom. The van der Waals surface area contributed by atoms with Gasteiger partial charge in [-0.1, -0.05) is 36.9 Å². The molecule has 0 bridgehead atoms. The molecule has 0 aliphatic carbocycles. The minimum Gasteiger partial charge on any atom is -0.462 e. The van der Waals surface area contributed by atoms with Gasteiger partial charge in [-0.3, -0.25) is 14.2 Å². The van der Waals surface area contributed by atoms with Crippen molar-refractivity contribution in [3.8, 4) is 5.69 Å². The first-order valence-corrected chi connectivity index (χ1v) is 12.6. The minimum atomic E-state index is -0.653. The zero-order valence-electron chi connectivity index (χ0n) is 19.0. The van der Waals surface area contributed by atoms with Crippen LogP contribution in [0.1, 0.15) is 24.2 Å². The number of anilines is 1. The first-order valence-electron chi connectivity index (χ1n) is 10.8. The summed E-state index contributed by atoms with van der Waals surface area (Å²) in [5.41, 5.74) is 0.278. The molecule has 0 atom stereocenters. The van der Waals surface area contributed by atoms with E-state index in [1.165, 1.54) is 27.7 Å². The van der Waals surface area contributed by atoms with Crippen molar-refractivity contribution in [2.75, 3.05) is 17.7 Å². The normalized spacial score (nSPS) is 10.9. The number of esters is 1. The summed E-state index contributed by atoms with van der Waals surface area (Å²) in [6, 6.07) is 14.8. The van der Waals surface area contributed by atoms with E-state index in [1.54, 1.807) is 61.5 Å². The van der Waals surface area contributed by atoms with E-state index < -0.39 is 23.1 Å². The lowest BCUT2D eigenvalue weighted by atomic mass is 10.2. The number of nitrogens with one attached hydrogen (secondary N) is 1. The number of nitrogens with zero attached hydrogens (tertiary/aromatic N) is 3. The zero-order valence-corrected chi connectivity index (χ0v) is 20.6. The van der Waals surface area contributed by atoms with Crippen LogP contribution in [0.4, 0.5) is 5.69 Å². The summed E-state index contributed by atoms with van der Waals surface area (Å²) in [6.45, 7) is 3.61. The fraction of sp³-hybridized carbons (Fsp3) is 0.208. The number of carbonyl (C=O) groups is 2. The van der Waals surface area contributed by atoms with Gasteiger partial charge in [-0.25, -0.2) is 19.1 Å². The van der Waals surface area contributed by atoms with Gasteiger partial charge in [0.05, 0.1) is 17.9 Å². The summed E-state index contributed by atoms with van der Waals surface area (Å²) >= 11 is 2.66. The molecular formula is C24H22N4O5S2. The molecule has 4 aromatic rings. The maximum Gasteiger partial charge on any atom is 0.338 e. The average molecular weight is 511 g/mol. The Hall–Kier alpha value is -3.70. The Morgan fingerprint density at radius 2 is 1.77 bits per heavy atom. The lowest BCUT2D eigenvalue weighted by Gasteiger charge is -2.12. The number of hydrogen-bond acceptors (Lipinski definition) is 8. The van der Waals surface area contributed by atoms with E-state index in [1.807, 2.05) is 6.92 Å². The van der Waals surface area contributed by atoms with Crippen molar-refractivity contribution in [2.24, 2.45) is 0 Å². The fourth-order valence-corrected chi connectivity index (χ4v) is 5.37. The van der Waals surface area contributed by atoms with Crippen molar-refractivity contribution < 1.29 is 14.3 Å². The van der Waals surface area contributed by atoms with Crippen LogP contribution in [0, 0.1) is 0 Å². The van der Waals surface area contributed by atoms with Gasteiger partial charge in [-0.2, -0.15) is 0 Å². The highest BCUT2D eigenvalue weighted by Crippen LogP contribution is 2.27. The molecule has 0 fully saturated rings. The molecule has 0 saturated carbocycles. The number of fused-ring (bicyclic) bond motifs is 1. The monoisotopic (exact) mass is 510 g/mol. The first-order chi connectivity index (χ1) is 16.9. The maximum atomic E-state index is 13.4. The summed E-state index contributed by atoms with van der Waals surface area (Å²) in [6.07, 6.45) is 0. The second kappa shape index (κ2) is 10.7. The number of hydrogen-bond donors (Lipinski definition) is 1.